The fraction of sp³-hybridized carbons (Fsp3) is 0.188. The van der Waals surface area contributed by atoms with Gasteiger partial charge in [0.15, 0.2) is 0 Å². The molecule has 1 N–H and O–H groups in total. The molecule has 0 atom stereocenters. The topological polar surface area (TPSA) is 40.5 Å². The first kappa shape index (κ1) is 15.9. The van der Waals surface area contributed by atoms with Crippen molar-refractivity contribution in [2.75, 3.05) is 11.4 Å². The molecule has 0 aromatic heterocycles. The maximum absolute atomic E-state index is 13.9. The largest absolute Gasteiger partial charge is 0.481 e. The van der Waals surface area contributed by atoms with Gasteiger partial charge in [-0.25, -0.2) is 13.2 Å². The van der Waals surface area contributed by atoms with Gasteiger partial charge in [-0.05, 0) is 29.8 Å². The summed E-state index contributed by atoms with van der Waals surface area (Å²) >= 11 is 0. The van der Waals surface area contributed by atoms with E-state index in [1.54, 1.807) is 0 Å². The molecule has 0 spiro atoms. The molecule has 0 saturated heterocycles. The van der Waals surface area contributed by atoms with Gasteiger partial charge in [-0.2, -0.15) is 0 Å². The van der Waals surface area contributed by atoms with Crippen LogP contribution in [0.3, 0.4) is 0 Å². The van der Waals surface area contributed by atoms with Crippen molar-refractivity contribution in [3.63, 3.8) is 0 Å². The number of carboxylic acids is 1. The molecule has 0 aliphatic rings. The van der Waals surface area contributed by atoms with Gasteiger partial charge in [-0.1, -0.05) is 12.1 Å². The Labute approximate surface area is 125 Å². The Morgan fingerprint density at radius 2 is 1.64 bits per heavy atom. The zero-order valence-corrected chi connectivity index (χ0v) is 11.6. The van der Waals surface area contributed by atoms with Crippen LogP contribution < -0.4 is 4.90 Å². The van der Waals surface area contributed by atoms with Crippen LogP contribution in [0.2, 0.25) is 0 Å². The van der Waals surface area contributed by atoms with Gasteiger partial charge in [0.2, 0.25) is 0 Å². The molecule has 3 nitrogen and oxygen atoms in total. The van der Waals surface area contributed by atoms with E-state index in [-0.39, 0.29) is 25.2 Å². The van der Waals surface area contributed by atoms with E-state index >= 15 is 0 Å². The van der Waals surface area contributed by atoms with E-state index in [4.69, 9.17) is 5.11 Å². The smallest absolute Gasteiger partial charge is 0.305 e. The standard InChI is InChI=1S/C16H14F3NO2/c17-12-3-1-11(2-4-12)10-20(8-7-16(21)22)15-9-13(18)5-6-14(15)19/h1-6,9H,7-8,10H2,(H,21,22). The van der Waals surface area contributed by atoms with Crippen molar-refractivity contribution in [2.24, 2.45) is 0 Å². The Balaban J connectivity index is 2.27. The van der Waals surface area contributed by atoms with E-state index in [0.717, 1.165) is 18.2 Å². The van der Waals surface area contributed by atoms with Crippen LogP contribution in [-0.2, 0) is 11.3 Å². The van der Waals surface area contributed by atoms with Crippen LogP contribution in [0.1, 0.15) is 12.0 Å². The molecular weight excluding hydrogens is 295 g/mol. The first-order valence-corrected chi connectivity index (χ1v) is 6.62. The monoisotopic (exact) mass is 309 g/mol. The molecule has 116 valence electrons. The molecule has 2 aromatic rings. The lowest BCUT2D eigenvalue weighted by Crippen LogP contribution is -2.26. The maximum atomic E-state index is 13.9. The first-order chi connectivity index (χ1) is 10.5. The second-order valence-electron chi connectivity index (χ2n) is 4.79. The fourth-order valence-corrected chi connectivity index (χ4v) is 2.05. The van der Waals surface area contributed by atoms with Crippen LogP contribution in [-0.4, -0.2) is 17.6 Å². The molecule has 22 heavy (non-hydrogen) atoms. The van der Waals surface area contributed by atoms with Gasteiger partial charge in [0.05, 0.1) is 12.1 Å². The van der Waals surface area contributed by atoms with Crippen LogP contribution in [0.15, 0.2) is 42.5 Å². The number of hydrogen-bond donors (Lipinski definition) is 1. The van der Waals surface area contributed by atoms with Gasteiger partial charge in [0.1, 0.15) is 17.5 Å². The Morgan fingerprint density at radius 1 is 1.00 bits per heavy atom. The van der Waals surface area contributed by atoms with E-state index in [0.29, 0.717) is 5.56 Å². The van der Waals surface area contributed by atoms with E-state index < -0.39 is 23.4 Å². The van der Waals surface area contributed by atoms with Gasteiger partial charge < -0.3 is 10.0 Å². The van der Waals surface area contributed by atoms with Crippen LogP contribution >= 0.6 is 0 Å². The highest BCUT2D eigenvalue weighted by Crippen LogP contribution is 2.23. The average Bonchev–Trinajstić information content (AvgIpc) is 2.48. The summed E-state index contributed by atoms with van der Waals surface area (Å²) < 4.78 is 40.2. The predicted octanol–water partition coefficient (Wildman–Crippen LogP) is 3.59. The molecule has 0 amide bonds. The second-order valence-corrected chi connectivity index (χ2v) is 4.79. The number of nitrogens with zero attached hydrogens (tertiary/aromatic N) is 1. The third-order valence-corrected chi connectivity index (χ3v) is 3.13. The zero-order chi connectivity index (χ0) is 16.1. The minimum atomic E-state index is -1.04. The molecule has 6 heteroatoms. The normalized spacial score (nSPS) is 10.5. The van der Waals surface area contributed by atoms with E-state index in [1.807, 2.05) is 0 Å². The highest BCUT2D eigenvalue weighted by Gasteiger charge is 2.15. The van der Waals surface area contributed by atoms with Crippen LogP contribution in [0.5, 0.6) is 0 Å². The van der Waals surface area contributed by atoms with Gasteiger partial charge in [0.25, 0.3) is 0 Å². The van der Waals surface area contributed by atoms with E-state index in [2.05, 4.69) is 0 Å². The summed E-state index contributed by atoms with van der Waals surface area (Å²) in [6.45, 7) is 0.154. The molecule has 0 fully saturated rings. The molecule has 0 aliphatic heterocycles. The highest BCUT2D eigenvalue weighted by molar-refractivity contribution is 5.67. The summed E-state index contributed by atoms with van der Waals surface area (Å²) in [5.41, 5.74) is 0.640. The summed E-state index contributed by atoms with van der Waals surface area (Å²) in [6.07, 6.45) is -0.225. The molecule has 2 aromatic carbocycles. The van der Waals surface area contributed by atoms with Crippen molar-refractivity contribution < 1.29 is 23.1 Å². The van der Waals surface area contributed by atoms with Crippen LogP contribution in [0.4, 0.5) is 18.9 Å². The Kier molecular flexibility index (Phi) is 5.04. The lowest BCUT2D eigenvalue weighted by molar-refractivity contribution is -0.136. The van der Waals surface area contributed by atoms with Crippen LogP contribution in [0, 0.1) is 17.5 Å². The first-order valence-electron chi connectivity index (χ1n) is 6.62. The average molecular weight is 309 g/mol. The Bertz CT molecular complexity index is 659. The van der Waals surface area contributed by atoms with Crippen molar-refractivity contribution in [1.82, 2.24) is 0 Å². The lowest BCUT2D eigenvalue weighted by Gasteiger charge is -2.25. The molecule has 0 bridgehead atoms. The number of halogens is 3. The molecule has 0 heterocycles. The van der Waals surface area contributed by atoms with Crippen molar-refractivity contribution in [3.8, 4) is 0 Å². The van der Waals surface area contributed by atoms with Crippen molar-refractivity contribution in [2.45, 2.75) is 13.0 Å². The SMILES string of the molecule is O=C(O)CCN(Cc1ccc(F)cc1)c1cc(F)ccc1F. The Morgan fingerprint density at radius 3 is 2.27 bits per heavy atom. The minimum absolute atomic E-state index is 0.00703. The predicted molar refractivity (Wildman–Crippen MR) is 76.1 cm³/mol. The second kappa shape index (κ2) is 6.98. The summed E-state index contributed by atoms with van der Waals surface area (Å²) in [5.74, 6) is -2.71. The van der Waals surface area contributed by atoms with Gasteiger partial charge in [-0.15, -0.1) is 0 Å². The molecule has 0 saturated carbocycles. The van der Waals surface area contributed by atoms with Crippen molar-refractivity contribution in [3.05, 3.63) is 65.5 Å². The third-order valence-electron chi connectivity index (χ3n) is 3.13. The number of hydrogen-bond acceptors (Lipinski definition) is 2. The summed E-state index contributed by atoms with van der Waals surface area (Å²) in [5, 5.41) is 8.79. The molecule has 2 rings (SSSR count). The number of carboxylic acid groups (broad SMARTS) is 1. The molecule has 0 unspecified atom stereocenters. The number of anilines is 1. The summed E-state index contributed by atoms with van der Waals surface area (Å²) in [7, 11) is 0. The molecule has 0 aliphatic carbocycles. The van der Waals surface area contributed by atoms with Gasteiger partial charge >= 0.3 is 5.97 Å². The number of benzene rings is 2. The minimum Gasteiger partial charge on any atom is -0.481 e. The zero-order valence-electron chi connectivity index (χ0n) is 11.6. The molecular formula is C16H14F3NO2. The third kappa shape index (κ3) is 4.25. The molecule has 0 radical (unpaired) electrons. The quantitative estimate of drug-likeness (QED) is 0.886. The van der Waals surface area contributed by atoms with E-state index in [9.17, 15) is 18.0 Å². The van der Waals surface area contributed by atoms with E-state index in [1.165, 1.54) is 29.2 Å². The maximum Gasteiger partial charge on any atom is 0.305 e. The number of rotatable bonds is 6. The van der Waals surface area contributed by atoms with Crippen molar-refractivity contribution >= 4 is 11.7 Å². The Hall–Kier alpha value is -2.50. The van der Waals surface area contributed by atoms with Gasteiger partial charge in [-0.3, -0.25) is 4.79 Å². The fourth-order valence-electron chi connectivity index (χ4n) is 2.05. The summed E-state index contributed by atoms with van der Waals surface area (Å²) in [6, 6.07) is 8.54. The van der Waals surface area contributed by atoms with Crippen molar-refractivity contribution in [1.29, 1.82) is 0 Å². The van der Waals surface area contributed by atoms with Gasteiger partial charge in [0, 0.05) is 19.2 Å². The number of carbonyl (C=O) groups is 1. The summed E-state index contributed by atoms with van der Waals surface area (Å²) in [4.78, 5) is 12.2. The number of aliphatic carboxylic acids is 1. The lowest BCUT2D eigenvalue weighted by atomic mass is 10.1. The highest BCUT2D eigenvalue weighted by atomic mass is 19.1. The van der Waals surface area contributed by atoms with Crippen LogP contribution in [0.25, 0.3) is 0 Å².